The fourth-order valence-corrected chi connectivity index (χ4v) is 2.51. The van der Waals surface area contributed by atoms with Crippen molar-refractivity contribution in [1.82, 2.24) is 4.90 Å². The van der Waals surface area contributed by atoms with Crippen molar-refractivity contribution in [3.63, 3.8) is 0 Å². The first kappa shape index (κ1) is 14.1. The largest absolute Gasteiger partial charge is 0.298 e. The molecule has 0 aromatic heterocycles. The summed E-state index contributed by atoms with van der Waals surface area (Å²) in [6.45, 7) is 6.74. The first-order valence-corrected chi connectivity index (χ1v) is 6.43. The van der Waals surface area contributed by atoms with Crippen LogP contribution in [0.25, 0.3) is 0 Å². The fraction of sp³-hybridized carbons (Fsp3) is 0.467. The molecule has 1 nitrogen and oxygen atoms in total. The third-order valence-electron chi connectivity index (χ3n) is 3.69. The van der Waals surface area contributed by atoms with Crippen LogP contribution >= 0.6 is 0 Å². The van der Waals surface area contributed by atoms with Crippen molar-refractivity contribution in [1.29, 1.82) is 0 Å². The lowest BCUT2D eigenvalue weighted by molar-refractivity contribution is 0.0995. The summed E-state index contributed by atoms with van der Waals surface area (Å²) < 4.78 is 40.9. The molecule has 0 radical (unpaired) electrons. The van der Waals surface area contributed by atoms with Crippen LogP contribution in [-0.4, -0.2) is 24.2 Å². The van der Waals surface area contributed by atoms with Crippen LogP contribution in [0.4, 0.5) is 13.2 Å². The number of benzene rings is 1. The zero-order chi connectivity index (χ0) is 14.0. The Hall–Kier alpha value is -1.29. The maximum absolute atomic E-state index is 13.7. The standard InChI is InChI=1S/C15H18F3N/c1-10(2)11-8-19(7-6-15(11)18)9-12-13(16)4-3-5-14(12)17/h3-5,11,15H,1,6-9H2,2H3. The molecule has 0 saturated carbocycles. The molecule has 1 aliphatic rings. The topological polar surface area (TPSA) is 3.24 Å². The van der Waals surface area contributed by atoms with Crippen molar-refractivity contribution in [2.75, 3.05) is 13.1 Å². The van der Waals surface area contributed by atoms with Crippen LogP contribution in [0.5, 0.6) is 0 Å². The maximum atomic E-state index is 13.7. The lowest BCUT2D eigenvalue weighted by Gasteiger charge is -2.35. The van der Waals surface area contributed by atoms with E-state index in [9.17, 15) is 13.2 Å². The van der Waals surface area contributed by atoms with Crippen molar-refractivity contribution in [3.05, 3.63) is 47.5 Å². The molecule has 2 atom stereocenters. The molecule has 0 spiro atoms. The lowest BCUT2D eigenvalue weighted by Crippen LogP contribution is -2.41. The van der Waals surface area contributed by atoms with Gasteiger partial charge in [0.2, 0.25) is 0 Å². The molecule has 1 aliphatic heterocycles. The average molecular weight is 269 g/mol. The normalized spacial score (nSPS) is 24.4. The molecule has 19 heavy (non-hydrogen) atoms. The Bertz CT molecular complexity index is 452. The van der Waals surface area contributed by atoms with Crippen LogP contribution < -0.4 is 0 Å². The summed E-state index contributed by atoms with van der Waals surface area (Å²) in [5, 5.41) is 0. The van der Waals surface area contributed by atoms with E-state index in [2.05, 4.69) is 6.58 Å². The third kappa shape index (κ3) is 3.18. The fourth-order valence-electron chi connectivity index (χ4n) is 2.51. The molecule has 0 amide bonds. The monoisotopic (exact) mass is 269 g/mol. The van der Waals surface area contributed by atoms with E-state index in [1.807, 2.05) is 4.90 Å². The van der Waals surface area contributed by atoms with Gasteiger partial charge in [0, 0.05) is 31.1 Å². The summed E-state index contributed by atoms with van der Waals surface area (Å²) in [6.07, 6.45) is -0.521. The zero-order valence-corrected chi connectivity index (χ0v) is 11.0. The van der Waals surface area contributed by atoms with Crippen molar-refractivity contribution in [2.24, 2.45) is 5.92 Å². The molecule has 0 bridgehead atoms. The van der Waals surface area contributed by atoms with Crippen LogP contribution in [0.15, 0.2) is 30.4 Å². The van der Waals surface area contributed by atoms with Crippen molar-refractivity contribution in [3.8, 4) is 0 Å². The number of nitrogens with zero attached hydrogens (tertiary/aromatic N) is 1. The van der Waals surface area contributed by atoms with Crippen LogP contribution in [0.1, 0.15) is 18.9 Å². The number of piperidine rings is 1. The van der Waals surface area contributed by atoms with Crippen LogP contribution in [0.3, 0.4) is 0 Å². The minimum absolute atomic E-state index is 0.0558. The van der Waals surface area contributed by atoms with Crippen LogP contribution in [0.2, 0.25) is 0 Å². The van der Waals surface area contributed by atoms with Gasteiger partial charge in [-0.25, -0.2) is 13.2 Å². The highest BCUT2D eigenvalue weighted by atomic mass is 19.1. The highest BCUT2D eigenvalue weighted by Gasteiger charge is 2.30. The molecule has 2 rings (SSSR count). The lowest BCUT2D eigenvalue weighted by atomic mass is 9.90. The Labute approximate surface area is 111 Å². The minimum Gasteiger partial charge on any atom is -0.298 e. The Morgan fingerprint density at radius 3 is 2.58 bits per heavy atom. The van der Waals surface area contributed by atoms with Crippen LogP contribution in [0, 0.1) is 17.6 Å². The molecule has 0 aliphatic carbocycles. The summed E-state index contributed by atoms with van der Waals surface area (Å²) in [5.74, 6) is -1.34. The molecule has 1 saturated heterocycles. The molecule has 1 fully saturated rings. The van der Waals surface area contributed by atoms with Crippen molar-refractivity contribution >= 4 is 0 Å². The molecular weight excluding hydrogens is 251 g/mol. The van der Waals surface area contributed by atoms with Gasteiger partial charge < -0.3 is 0 Å². The number of alkyl halides is 1. The SMILES string of the molecule is C=C(C)C1CN(Cc2c(F)cccc2F)CCC1F. The second-order valence-electron chi connectivity index (χ2n) is 5.19. The van der Waals surface area contributed by atoms with E-state index in [1.54, 1.807) is 6.92 Å². The second-order valence-corrected chi connectivity index (χ2v) is 5.19. The quantitative estimate of drug-likeness (QED) is 0.756. The first-order valence-electron chi connectivity index (χ1n) is 6.43. The van der Waals surface area contributed by atoms with Gasteiger partial charge in [-0.3, -0.25) is 4.90 Å². The zero-order valence-electron chi connectivity index (χ0n) is 11.0. The van der Waals surface area contributed by atoms with Gasteiger partial charge in [-0.2, -0.15) is 0 Å². The Morgan fingerprint density at radius 2 is 2.00 bits per heavy atom. The van der Waals surface area contributed by atoms with Gasteiger partial charge >= 0.3 is 0 Å². The molecule has 1 aromatic carbocycles. The summed E-state index contributed by atoms with van der Waals surface area (Å²) >= 11 is 0. The van der Waals surface area contributed by atoms with Gasteiger partial charge in [-0.05, 0) is 25.5 Å². The van der Waals surface area contributed by atoms with Gasteiger partial charge in [0.15, 0.2) is 0 Å². The number of rotatable bonds is 3. The third-order valence-corrected chi connectivity index (χ3v) is 3.69. The van der Waals surface area contributed by atoms with E-state index in [-0.39, 0.29) is 18.0 Å². The van der Waals surface area contributed by atoms with E-state index < -0.39 is 17.8 Å². The van der Waals surface area contributed by atoms with Gasteiger partial charge in [-0.1, -0.05) is 18.2 Å². The van der Waals surface area contributed by atoms with E-state index >= 15 is 0 Å². The highest BCUT2D eigenvalue weighted by molar-refractivity contribution is 5.19. The number of halogens is 3. The molecule has 2 unspecified atom stereocenters. The molecule has 0 N–H and O–H groups in total. The number of hydrogen-bond acceptors (Lipinski definition) is 1. The number of hydrogen-bond donors (Lipinski definition) is 0. The predicted octanol–water partition coefficient (Wildman–Crippen LogP) is 3.70. The van der Waals surface area contributed by atoms with E-state index in [0.29, 0.717) is 19.5 Å². The van der Waals surface area contributed by atoms with Crippen molar-refractivity contribution < 1.29 is 13.2 Å². The average Bonchev–Trinajstić information content (AvgIpc) is 2.35. The summed E-state index contributed by atoms with van der Waals surface area (Å²) in [7, 11) is 0. The Kier molecular flexibility index (Phi) is 4.30. The van der Waals surface area contributed by atoms with Crippen LogP contribution in [-0.2, 0) is 6.54 Å². The molecule has 104 valence electrons. The molecule has 1 heterocycles. The second kappa shape index (κ2) is 5.78. The first-order chi connectivity index (χ1) is 8.99. The van der Waals surface area contributed by atoms with Gasteiger partial charge in [-0.15, -0.1) is 0 Å². The molecule has 4 heteroatoms. The van der Waals surface area contributed by atoms with Crippen molar-refractivity contribution in [2.45, 2.75) is 26.1 Å². The summed E-state index contributed by atoms with van der Waals surface area (Å²) in [4.78, 5) is 1.89. The molecular formula is C15H18F3N. The highest BCUT2D eigenvalue weighted by Crippen LogP contribution is 2.27. The maximum Gasteiger partial charge on any atom is 0.130 e. The van der Waals surface area contributed by atoms with E-state index in [4.69, 9.17) is 0 Å². The van der Waals surface area contributed by atoms with E-state index in [1.165, 1.54) is 18.2 Å². The van der Waals surface area contributed by atoms with E-state index in [0.717, 1.165) is 5.57 Å². The summed E-state index contributed by atoms with van der Waals surface area (Å²) in [6, 6.07) is 3.84. The van der Waals surface area contributed by atoms with Gasteiger partial charge in [0.05, 0.1) is 0 Å². The Morgan fingerprint density at radius 1 is 1.37 bits per heavy atom. The van der Waals surface area contributed by atoms with Gasteiger partial charge in [0.1, 0.15) is 17.8 Å². The predicted molar refractivity (Wildman–Crippen MR) is 69.5 cm³/mol. The Balaban J connectivity index is 2.10. The number of likely N-dealkylation sites (tertiary alicyclic amines) is 1. The summed E-state index contributed by atoms with van der Waals surface area (Å²) in [5.41, 5.74) is 0.839. The minimum atomic E-state index is -0.904. The smallest absolute Gasteiger partial charge is 0.130 e. The van der Waals surface area contributed by atoms with Gasteiger partial charge in [0.25, 0.3) is 0 Å². The molecule has 1 aromatic rings.